The van der Waals surface area contributed by atoms with E-state index < -0.39 is 0 Å². The highest BCUT2D eigenvalue weighted by molar-refractivity contribution is 5.43. The van der Waals surface area contributed by atoms with E-state index >= 15 is 0 Å². The Kier molecular flexibility index (Phi) is 4.61. The molecule has 0 amide bonds. The van der Waals surface area contributed by atoms with Crippen molar-refractivity contribution in [1.82, 2.24) is 0 Å². The molecule has 1 unspecified atom stereocenters. The molecule has 0 fully saturated rings. The fourth-order valence-electron chi connectivity index (χ4n) is 2.41. The summed E-state index contributed by atoms with van der Waals surface area (Å²) < 4.78 is 0. The summed E-state index contributed by atoms with van der Waals surface area (Å²) in [5.41, 5.74) is 2.93. The molecule has 90 valence electrons. The summed E-state index contributed by atoms with van der Waals surface area (Å²) in [7, 11) is 0. The monoisotopic (exact) mass is 226 g/mol. The second-order valence-electron chi connectivity index (χ2n) is 4.81. The minimum atomic E-state index is 0.766. The standard InChI is InChI=1S/C17H22/c1-2-15-9-8-12-17(14-13-15)16-10-6-4-3-5-7-11-16/h3-4,6,8-12,15H,2,5,7,13-14H2,1H3/b4-3+,10-6-,16-11+. The first kappa shape index (κ1) is 12.2. The van der Waals surface area contributed by atoms with E-state index in [9.17, 15) is 0 Å². The summed E-state index contributed by atoms with van der Waals surface area (Å²) in [6, 6.07) is 0. The van der Waals surface area contributed by atoms with Crippen LogP contribution in [-0.4, -0.2) is 0 Å². The van der Waals surface area contributed by atoms with Crippen LogP contribution in [0.5, 0.6) is 0 Å². The van der Waals surface area contributed by atoms with Gasteiger partial charge < -0.3 is 0 Å². The predicted octanol–water partition coefficient (Wildman–Crippen LogP) is 5.12. The van der Waals surface area contributed by atoms with Gasteiger partial charge in [0.1, 0.15) is 0 Å². The Bertz CT molecular complexity index is 388. The van der Waals surface area contributed by atoms with Gasteiger partial charge >= 0.3 is 0 Å². The minimum absolute atomic E-state index is 0.766. The third-order valence-corrected chi connectivity index (χ3v) is 3.58. The zero-order chi connectivity index (χ0) is 11.9. The van der Waals surface area contributed by atoms with E-state index in [1.165, 1.54) is 30.4 Å². The van der Waals surface area contributed by atoms with Gasteiger partial charge in [0.05, 0.1) is 0 Å². The molecule has 0 radical (unpaired) electrons. The predicted molar refractivity (Wildman–Crippen MR) is 75.8 cm³/mol. The summed E-state index contributed by atoms with van der Waals surface area (Å²) >= 11 is 0. The maximum atomic E-state index is 2.38. The fourth-order valence-corrected chi connectivity index (χ4v) is 2.41. The van der Waals surface area contributed by atoms with Crippen LogP contribution in [0.15, 0.2) is 59.8 Å². The molecular formula is C17H22. The average Bonchev–Trinajstić information content (AvgIpc) is 2.54. The van der Waals surface area contributed by atoms with Gasteiger partial charge in [-0.15, -0.1) is 0 Å². The third-order valence-electron chi connectivity index (χ3n) is 3.58. The molecular weight excluding hydrogens is 204 g/mol. The van der Waals surface area contributed by atoms with Gasteiger partial charge in [-0.1, -0.05) is 55.5 Å². The molecule has 0 heteroatoms. The van der Waals surface area contributed by atoms with Crippen LogP contribution in [0.1, 0.15) is 39.0 Å². The number of hydrogen-bond donors (Lipinski definition) is 0. The Balaban J connectivity index is 2.10. The third kappa shape index (κ3) is 3.59. The van der Waals surface area contributed by atoms with Crippen LogP contribution in [0.4, 0.5) is 0 Å². The van der Waals surface area contributed by atoms with Crippen molar-refractivity contribution < 1.29 is 0 Å². The lowest BCUT2D eigenvalue weighted by Gasteiger charge is -2.11. The van der Waals surface area contributed by atoms with Crippen molar-refractivity contribution in [3.63, 3.8) is 0 Å². The van der Waals surface area contributed by atoms with Crippen molar-refractivity contribution in [2.75, 3.05) is 0 Å². The highest BCUT2D eigenvalue weighted by Gasteiger charge is 2.09. The summed E-state index contributed by atoms with van der Waals surface area (Å²) in [6.45, 7) is 2.28. The van der Waals surface area contributed by atoms with Crippen LogP contribution in [0.2, 0.25) is 0 Å². The van der Waals surface area contributed by atoms with E-state index in [4.69, 9.17) is 0 Å². The molecule has 0 N–H and O–H groups in total. The van der Waals surface area contributed by atoms with Crippen LogP contribution in [-0.2, 0) is 0 Å². The molecule has 0 aromatic rings. The zero-order valence-electron chi connectivity index (χ0n) is 10.7. The molecule has 2 aliphatic rings. The van der Waals surface area contributed by atoms with Gasteiger partial charge in [0, 0.05) is 0 Å². The van der Waals surface area contributed by atoms with Crippen LogP contribution in [0.25, 0.3) is 0 Å². The molecule has 0 nitrogen and oxygen atoms in total. The van der Waals surface area contributed by atoms with Crippen molar-refractivity contribution >= 4 is 0 Å². The highest BCUT2D eigenvalue weighted by atomic mass is 14.1. The van der Waals surface area contributed by atoms with Gasteiger partial charge in [0.15, 0.2) is 0 Å². The Morgan fingerprint density at radius 3 is 3.00 bits per heavy atom. The summed E-state index contributed by atoms with van der Waals surface area (Å²) in [5, 5.41) is 0. The van der Waals surface area contributed by atoms with Crippen LogP contribution < -0.4 is 0 Å². The largest absolute Gasteiger partial charge is 0.0842 e. The molecule has 0 bridgehead atoms. The maximum Gasteiger partial charge on any atom is -0.0230 e. The molecule has 0 saturated heterocycles. The maximum absolute atomic E-state index is 2.38. The Morgan fingerprint density at radius 2 is 2.12 bits per heavy atom. The van der Waals surface area contributed by atoms with Gasteiger partial charge in [-0.25, -0.2) is 0 Å². The van der Waals surface area contributed by atoms with Gasteiger partial charge in [-0.3, -0.25) is 0 Å². The van der Waals surface area contributed by atoms with Crippen molar-refractivity contribution in [2.24, 2.45) is 5.92 Å². The Hall–Kier alpha value is -1.30. The minimum Gasteiger partial charge on any atom is -0.0842 e. The first-order valence-corrected chi connectivity index (χ1v) is 6.81. The van der Waals surface area contributed by atoms with Crippen LogP contribution in [0.3, 0.4) is 0 Å². The zero-order valence-corrected chi connectivity index (χ0v) is 10.7. The number of hydrogen-bond acceptors (Lipinski definition) is 0. The molecule has 0 spiro atoms. The van der Waals surface area contributed by atoms with E-state index in [2.05, 4.69) is 55.5 Å². The Labute approximate surface area is 105 Å². The topological polar surface area (TPSA) is 0 Å². The summed E-state index contributed by atoms with van der Waals surface area (Å²) in [6.07, 6.45) is 24.2. The van der Waals surface area contributed by atoms with Crippen molar-refractivity contribution in [1.29, 1.82) is 0 Å². The molecule has 17 heavy (non-hydrogen) atoms. The fraction of sp³-hybridized carbons (Fsp3) is 0.412. The lowest BCUT2D eigenvalue weighted by molar-refractivity contribution is 0.576. The van der Waals surface area contributed by atoms with Crippen molar-refractivity contribution in [3.05, 3.63) is 59.8 Å². The number of rotatable bonds is 2. The molecule has 0 aromatic heterocycles. The normalized spacial score (nSPS) is 31.5. The van der Waals surface area contributed by atoms with Crippen molar-refractivity contribution in [3.8, 4) is 0 Å². The molecule has 0 aromatic carbocycles. The molecule has 2 rings (SSSR count). The quantitative estimate of drug-likeness (QED) is 0.613. The molecule has 0 heterocycles. The summed E-state index contributed by atoms with van der Waals surface area (Å²) in [4.78, 5) is 0. The van der Waals surface area contributed by atoms with Gasteiger partial charge in [-0.05, 0) is 49.2 Å². The average molecular weight is 226 g/mol. The van der Waals surface area contributed by atoms with Crippen molar-refractivity contribution in [2.45, 2.75) is 39.0 Å². The van der Waals surface area contributed by atoms with Gasteiger partial charge in [-0.2, -0.15) is 0 Å². The first-order chi connectivity index (χ1) is 8.40. The van der Waals surface area contributed by atoms with E-state index in [1.807, 2.05) is 0 Å². The molecule has 2 aliphatic carbocycles. The first-order valence-electron chi connectivity index (χ1n) is 6.81. The van der Waals surface area contributed by atoms with E-state index in [-0.39, 0.29) is 0 Å². The van der Waals surface area contributed by atoms with Gasteiger partial charge in [0.25, 0.3) is 0 Å². The van der Waals surface area contributed by atoms with Crippen LogP contribution in [0, 0.1) is 5.92 Å². The molecule has 0 aliphatic heterocycles. The number of allylic oxidation sites excluding steroid dienone is 10. The van der Waals surface area contributed by atoms with E-state index in [0.717, 1.165) is 18.8 Å². The second kappa shape index (κ2) is 6.44. The molecule has 1 atom stereocenters. The van der Waals surface area contributed by atoms with Gasteiger partial charge in [0.2, 0.25) is 0 Å². The van der Waals surface area contributed by atoms with E-state index in [1.54, 1.807) is 0 Å². The lowest BCUT2D eigenvalue weighted by atomic mass is 9.94. The smallest absolute Gasteiger partial charge is 0.0230 e. The van der Waals surface area contributed by atoms with E-state index in [0.29, 0.717) is 0 Å². The summed E-state index contributed by atoms with van der Waals surface area (Å²) in [5.74, 6) is 0.766. The SMILES string of the molecule is CCC1C=CC=C(C2=C/CC/C=C/C=C\2)CC1. The second-order valence-corrected chi connectivity index (χ2v) is 4.81. The Morgan fingerprint density at radius 1 is 1.18 bits per heavy atom. The highest BCUT2D eigenvalue weighted by Crippen LogP contribution is 2.26. The lowest BCUT2D eigenvalue weighted by Crippen LogP contribution is -1.95. The molecule has 0 saturated carbocycles. The van der Waals surface area contributed by atoms with Crippen LogP contribution >= 0.6 is 0 Å².